The number of nitrogen functional groups attached to an aromatic ring is 1. The molecule has 5 aromatic rings. The van der Waals surface area contributed by atoms with Gasteiger partial charge in [0, 0.05) is 43.0 Å². The summed E-state index contributed by atoms with van der Waals surface area (Å²) in [6.45, 7) is 7.36. The monoisotopic (exact) mass is 586 g/mol. The second kappa shape index (κ2) is 11.2. The number of anilines is 1. The van der Waals surface area contributed by atoms with Gasteiger partial charge >= 0.3 is 5.97 Å². The predicted octanol–water partition coefficient (Wildman–Crippen LogP) is 6.66. The third-order valence-electron chi connectivity index (χ3n) is 9.67. The number of hydrogen-bond donors (Lipinski definition) is 2. The Balaban J connectivity index is 1.13. The Bertz CT molecular complexity index is 1810. The summed E-state index contributed by atoms with van der Waals surface area (Å²) in [6, 6.07) is 26.8. The van der Waals surface area contributed by atoms with E-state index in [1.165, 1.54) is 5.56 Å². The zero-order valence-corrected chi connectivity index (χ0v) is 25.2. The first kappa shape index (κ1) is 28.2. The van der Waals surface area contributed by atoms with E-state index in [0.29, 0.717) is 23.5 Å². The number of carbonyl (C=O) groups is 1. The van der Waals surface area contributed by atoms with Crippen LogP contribution in [0.15, 0.2) is 85.1 Å². The quantitative estimate of drug-likeness (QED) is 0.219. The van der Waals surface area contributed by atoms with Crippen LogP contribution in [-0.4, -0.2) is 55.1 Å². The molecule has 8 nitrogen and oxygen atoms in total. The molecule has 0 radical (unpaired) electrons. The molecule has 0 bridgehead atoms. The highest BCUT2D eigenvalue weighted by Crippen LogP contribution is 2.44. The van der Waals surface area contributed by atoms with E-state index in [2.05, 4.69) is 64.7 Å². The lowest BCUT2D eigenvalue weighted by Crippen LogP contribution is -2.49. The van der Waals surface area contributed by atoms with Crippen molar-refractivity contribution in [3.63, 3.8) is 0 Å². The molecule has 3 N–H and O–H groups in total. The molecule has 0 amide bonds. The number of benzene rings is 2. The maximum Gasteiger partial charge on any atom is 0.307 e. The van der Waals surface area contributed by atoms with Gasteiger partial charge in [0.25, 0.3) is 0 Å². The van der Waals surface area contributed by atoms with Crippen molar-refractivity contribution in [1.29, 1.82) is 0 Å². The van der Waals surface area contributed by atoms with Crippen LogP contribution in [0.4, 0.5) is 5.82 Å². The summed E-state index contributed by atoms with van der Waals surface area (Å²) in [5.74, 6) is 1.32. The standard InChI is InChI=1S/C36H38N6O2/c1-36(2)19-23(10-15-29(36)35(43)44)20-41-21-26(22-41)24-11-13-27(14-12-24)42-33(28-9-6-18-38-32(28)37)40-31-17-16-30(39-34(31)42)25-7-4-3-5-8-25/h3-9,11-14,16-18,23,26,29H,10,15,19-22H2,1-2H3,(H2,37,38)(H,43,44). The number of fused-ring (bicyclic) bond motifs is 1. The van der Waals surface area contributed by atoms with E-state index in [4.69, 9.17) is 15.7 Å². The van der Waals surface area contributed by atoms with Crippen molar-refractivity contribution in [2.75, 3.05) is 25.4 Å². The molecule has 2 unspecified atom stereocenters. The maximum atomic E-state index is 11.7. The third-order valence-corrected chi connectivity index (χ3v) is 9.67. The Hall–Kier alpha value is -4.56. The van der Waals surface area contributed by atoms with Crippen LogP contribution >= 0.6 is 0 Å². The largest absolute Gasteiger partial charge is 0.481 e. The van der Waals surface area contributed by atoms with Gasteiger partial charge in [0.15, 0.2) is 11.5 Å². The molecule has 224 valence electrons. The number of nitrogens with zero attached hydrogens (tertiary/aromatic N) is 5. The number of nitrogens with two attached hydrogens (primary N) is 1. The molecule has 4 heterocycles. The fraction of sp³-hybridized carbons (Fsp3) is 0.333. The van der Waals surface area contributed by atoms with E-state index in [1.807, 2.05) is 42.5 Å². The van der Waals surface area contributed by atoms with Crippen molar-refractivity contribution in [2.24, 2.45) is 17.3 Å². The zero-order valence-electron chi connectivity index (χ0n) is 25.2. The van der Waals surface area contributed by atoms with Crippen LogP contribution in [0.2, 0.25) is 0 Å². The Morgan fingerprint density at radius 3 is 2.43 bits per heavy atom. The normalized spacial score (nSPS) is 20.4. The fourth-order valence-electron chi connectivity index (χ4n) is 7.34. The number of likely N-dealkylation sites (tertiary alicyclic amines) is 1. The Morgan fingerprint density at radius 1 is 0.955 bits per heavy atom. The topological polar surface area (TPSA) is 110 Å². The molecule has 8 heteroatoms. The number of carboxylic acid groups (broad SMARTS) is 1. The average molecular weight is 587 g/mol. The minimum atomic E-state index is -0.645. The third kappa shape index (κ3) is 5.24. The van der Waals surface area contributed by atoms with Crippen LogP contribution in [-0.2, 0) is 4.79 Å². The highest BCUT2D eigenvalue weighted by molar-refractivity contribution is 5.84. The van der Waals surface area contributed by atoms with Gasteiger partial charge in [-0.3, -0.25) is 9.36 Å². The van der Waals surface area contributed by atoms with E-state index in [0.717, 1.165) is 72.6 Å². The van der Waals surface area contributed by atoms with Crippen molar-refractivity contribution in [1.82, 2.24) is 24.4 Å². The number of pyridine rings is 2. The first-order valence-corrected chi connectivity index (χ1v) is 15.5. The van der Waals surface area contributed by atoms with Crippen LogP contribution in [0.3, 0.4) is 0 Å². The summed E-state index contributed by atoms with van der Waals surface area (Å²) in [5.41, 5.74) is 12.7. The molecule has 44 heavy (non-hydrogen) atoms. The van der Waals surface area contributed by atoms with Crippen LogP contribution in [0, 0.1) is 17.3 Å². The lowest BCUT2D eigenvalue weighted by atomic mass is 9.65. The van der Waals surface area contributed by atoms with Gasteiger partial charge in [-0.2, -0.15) is 0 Å². The Kier molecular flexibility index (Phi) is 7.17. The molecule has 2 atom stereocenters. The van der Waals surface area contributed by atoms with Gasteiger partial charge in [-0.1, -0.05) is 56.3 Å². The molecular formula is C36H38N6O2. The van der Waals surface area contributed by atoms with Crippen LogP contribution < -0.4 is 5.73 Å². The average Bonchev–Trinajstić information content (AvgIpc) is 3.37. The minimum Gasteiger partial charge on any atom is -0.481 e. The number of aliphatic carboxylic acids is 1. The number of aromatic nitrogens is 4. The number of hydrogen-bond acceptors (Lipinski definition) is 6. The first-order chi connectivity index (χ1) is 21.3. The lowest BCUT2D eigenvalue weighted by molar-refractivity contribution is -0.148. The van der Waals surface area contributed by atoms with Crippen molar-refractivity contribution < 1.29 is 9.90 Å². The summed E-state index contributed by atoms with van der Waals surface area (Å²) in [7, 11) is 0. The maximum absolute atomic E-state index is 11.7. The molecule has 7 rings (SSSR count). The number of imidazole rings is 1. The van der Waals surface area contributed by atoms with E-state index in [-0.39, 0.29) is 11.3 Å². The first-order valence-electron chi connectivity index (χ1n) is 15.5. The van der Waals surface area contributed by atoms with Crippen LogP contribution in [0.5, 0.6) is 0 Å². The van der Waals surface area contributed by atoms with E-state index in [9.17, 15) is 9.90 Å². The SMILES string of the molecule is CC1(C)CC(CN2CC(c3ccc(-n4c(-c5cccnc5N)nc5ccc(-c6ccccc6)nc54)cc3)C2)CCC1C(=O)O. The molecule has 1 aliphatic heterocycles. The van der Waals surface area contributed by atoms with E-state index >= 15 is 0 Å². The van der Waals surface area contributed by atoms with Crippen LogP contribution in [0.1, 0.15) is 44.6 Å². The Morgan fingerprint density at radius 2 is 1.73 bits per heavy atom. The van der Waals surface area contributed by atoms with Gasteiger partial charge in [-0.05, 0) is 72.6 Å². The molecule has 1 saturated carbocycles. The molecule has 2 fully saturated rings. The molecule has 1 aliphatic carbocycles. The fourth-order valence-corrected chi connectivity index (χ4v) is 7.34. The summed E-state index contributed by atoms with van der Waals surface area (Å²) < 4.78 is 2.08. The summed E-state index contributed by atoms with van der Waals surface area (Å²) >= 11 is 0. The molecule has 1 saturated heterocycles. The van der Waals surface area contributed by atoms with E-state index in [1.54, 1.807) is 6.20 Å². The molecular weight excluding hydrogens is 548 g/mol. The van der Waals surface area contributed by atoms with E-state index < -0.39 is 5.97 Å². The van der Waals surface area contributed by atoms with Crippen molar-refractivity contribution >= 4 is 23.0 Å². The van der Waals surface area contributed by atoms with Gasteiger partial charge in [-0.25, -0.2) is 15.0 Å². The second-order valence-corrected chi connectivity index (χ2v) is 13.1. The molecule has 0 spiro atoms. The van der Waals surface area contributed by atoms with Gasteiger partial charge in [0.05, 0.1) is 17.2 Å². The summed E-state index contributed by atoms with van der Waals surface area (Å²) in [5, 5.41) is 9.61. The summed E-state index contributed by atoms with van der Waals surface area (Å²) in [4.78, 5) is 28.6. The van der Waals surface area contributed by atoms with Crippen molar-refractivity contribution in [3.05, 3.63) is 90.6 Å². The zero-order chi connectivity index (χ0) is 30.4. The van der Waals surface area contributed by atoms with Gasteiger partial charge < -0.3 is 15.7 Å². The predicted molar refractivity (Wildman–Crippen MR) is 173 cm³/mol. The van der Waals surface area contributed by atoms with Crippen LogP contribution in [0.25, 0.3) is 39.5 Å². The van der Waals surface area contributed by atoms with Gasteiger partial charge in [0.2, 0.25) is 0 Å². The van der Waals surface area contributed by atoms with Crippen molar-refractivity contribution in [2.45, 2.75) is 39.0 Å². The highest BCUT2D eigenvalue weighted by atomic mass is 16.4. The highest BCUT2D eigenvalue weighted by Gasteiger charge is 2.42. The lowest BCUT2D eigenvalue weighted by Gasteiger charge is -2.45. The van der Waals surface area contributed by atoms with Gasteiger partial charge in [0.1, 0.15) is 11.3 Å². The number of rotatable bonds is 7. The van der Waals surface area contributed by atoms with Crippen molar-refractivity contribution in [3.8, 4) is 28.3 Å². The molecule has 3 aromatic heterocycles. The number of carboxylic acids is 1. The smallest absolute Gasteiger partial charge is 0.307 e. The molecule has 2 aliphatic rings. The summed E-state index contributed by atoms with van der Waals surface area (Å²) in [6.07, 6.45) is 4.45. The molecule has 2 aromatic carbocycles. The Labute approximate surface area is 257 Å². The second-order valence-electron chi connectivity index (χ2n) is 13.1. The van der Waals surface area contributed by atoms with Gasteiger partial charge in [-0.15, -0.1) is 0 Å². The minimum absolute atomic E-state index is 0.150.